The second-order valence-electron chi connectivity index (χ2n) is 7.15. The molecule has 0 radical (unpaired) electrons. The van der Waals surface area contributed by atoms with Crippen molar-refractivity contribution < 1.29 is 14.6 Å². The molecule has 0 saturated carbocycles. The van der Waals surface area contributed by atoms with E-state index in [-0.39, 0.29) is 11.3 Å². The van der Waals surface area contributed by atoms with Gasteiger partial charge in [0.05, 0.1) is 5.02 Å². The summed E-state index contributed by atoms with van der Waals surface area (Å²) in [7, 11) is 0. The summed E-state index contributed by atoms with van der Waals surface area (Å²) in [5.41, 5.74) is 4.38. The van der Waals surface area contributed by atoms with Crippen molar-refractivity contribution in [2.24, 2.45) is 0 Å². The summed E-state index contributed by atoms with van der Waals surface area (Å²) in [5, 5.41) is 21.7. The highest BCUT2D eigenvalue weighted by Crippen LogP contribution is 2.27. The van der Waals surface area contributed by atoms with E-state index in [1.165, 1.54) is 29.3 Å². The minimum atomic E-state index is -0.556. The first kappa shape index (κ1) is 21.9. The number of nitriles is 1. The van der Waals surface area contributed by atoms with Gasteiger partial charge in [0.15, 0.2) is 0 Å². The molecule has 0 bridgehead atoms. The molecule has 0 saturated heterocycles. The standard InChI is InChI=1S/C25H21ClN2O3/c1-16-9-17(2)11-19(10-16)15-31-24-8-3-18(13-23(24)26)12-20(14-27)25(30)28-21-4-6-22(29)7-5-21/h3-13,29H,15H2,1-2H3,(H,28,30)/b20-12+. The molecule has 3 aromatic rings. The van der Waals surface area contributed by atoms with E-state index in [2.05, 4.69) is 23.5 Å². The molecule has 3 rings (SSSR count). The summed E-state index contributed by atoms with van der Waals surface area (Å²) in [6.07, 6.45) is 1.45. The Labute approximate surface area is 186 Å². The van der Waals surface area contributed by atoms with Gasteiger partial charge in [0.2, 0.25) is 0 Å². The van der Waals surface area contributed by atoms with Gasteiger partial charge in [-0.1, -0.05) is 47.0 Å². The zero-order valence-corrected chi connectivity index (χ0v) is 17.9. The maximum atomic E-state index is 12.4. The molecule has 1 amide bonds. The van der Waals surface area contributed by atoms with Crippen LogP contribution in [0.25, 0.3) is 6.08 Å². The van der Waals surface area contributed by atoms with Gasteiger partial charge in [-0.25, -0.2) is 0 Å². The van der Waals surface area contributed by atoms with Crippen LogP contribution in [0.4, 0.5) is 5.69 Å². The molecule has 0 atom stereocenters. The number of rotatable bonds is 6. The lowest BCUT2D eigenvalue weighted by atomic mass is 10.1. The number of aryl methyl sites for hydroxylation is 2. The third kappa shape index (κ3) is 6.11. The summed E-state index contributed by atoms with van der Waals surface area (Å²) in [6, 6.07) is 19.2. The molecular weight excluding hydrogens is 412 g/mol. The Kier molecular flexibility index (Phi) is 6.96. The Hall–Kier alpha value is -3.75. The fraction of sp³-hybridized carbons (Fsp3) is 0.120. The molecule has 0 fully saturated rings. The molecule has 0 spiro atoms. The number of hydrogen-bond donors (Lipinski definition) is 2. The average molecular weight is 433 g/mol. The van der Waals surface area contributed by atoms with Crippen LogP contribution in [0, 0.1) is 25.2 Å². The number of carbonyl (C=O) groups is 1. The molecule has 3 aromatic carbocycles. The summed E-state index contributed by atoms with van der Waals surface area (Å²) >= 11 is 6.35. The molecule has 156 valence electrons. The van der Waals surface area contributed by atoms with E-state index in [9.17, 15) is 15.2 Å². The van der Waals surface area contributed by atoms with E-state index in [0.717, 1.165) is 5.56 Å². The predicted octanol–water partition coefficient (Wildman–Crippen LogP) is 5.79. The molecule has 0 aliphatic heterocycles. The lowest BCUT2D eigenvalue weighted by molar-refractivity contribution is -0.112. The van der Waals surface area contributed by atoms with Crippen LogP contribution in [-0.2, 0) is 11.4 Å². The van der Waals surface area contributed by atoms with E-state index >= 15 is 0 Å². The van der Waals surface area contributed by atoms with Gasteiger partial charge in [0, 0.05) is 5.69 Å². The summed E-state index contributed by atoms with van der Waals surface area (Å²) in [6.45, 7) is 4.46. The van der Waals surface area contributed by atoms with Gasteiger partial charge in [-0.15, -0.1) is 0 Å². The van der Waals surface area contributed by atoms with Crippen LogP contribution in [0.2, 0.25) is 5.02 Å². The van der Waals surface area contributed by atoms with Crippen molar-refractivity contribution >= 4 is 29.3 Å². The molecule has 6 heteroatoms. The van der Waals surface area contributed by atoms with Gasteiger partial charge in [-0.2, -0.15) is 5.26 Å². The Morgan fingerprint density at radius 1 is 1.10 bits per heavy atom. The average Bonchev–Trinajstić information content (AvgIpc) is 2.72. The predicted molar refractivity (Wildman–Crippen MR) is 122 cm³/mol. The van der Waals surface area contributed by atoms with Crippen molar-refractivity contribution in [3.8, 4) is 17.6 Å². The number of phenolic OH excluding ortho intramolecular Hbond substituents is 1. The fourth-order valence-corrected chi connectivity index (χ4v) is 3.34. The Bertz CT molecular complexity index is 1160. The Morgan fingerprint density at radius 3 is 2.39 bits per heavy atom. The molecule has 0 aliphatic carbocycles. The number of hydrogen-bond acceptors (Lipinski definition) is 4. The van der Waals surface area contributed by atoms with Gasteiger partial charge in [-0.3, -0.25) is 4.79 Å². The van der Waals surface area contributed by atoms with E-state index in [4.69, 9.17) is 16.3 Å². The lowest BCUT2D eigenvalue weighted by Gasteiger charge is -2.10. The van der Waals surface area contributed by atoms with E-state index < -0.39 is 5.91 Å². The normalized spacial score (nSPS) is 11.0. The summed E-state index contributed by atoms with van der Waals surface area (Å²) in [5.74, 6) is 0.0491. The van der Waals surface area contributed by atoms with Crippen LogP contribution in [-0.4, -0.2) is 11.0 Å². The van der Waals surface area contributed by atoms with Crippen LogP contribution >= 0.6 is 11.6 Å². The number of ether oxygens (including phenoxy) is 1. The number of nitrogens with zero attached hydrogens (tertiary/aromatic N) is 1. The number of nitrogens with one attached hydrogen (secondary N) is 1. The number of carbonyl (C=O) groups excluding carboxylic acids is 1. The highest BCUT2D eigenvalue weighted by atomic mass is 35.5. The molecule has 0 heterocycles. The summed E-state index contributed by atoms with van der Waals surface area (Å²) < 4.78 is 5.84. The quantitative estimate of drug-likeness (QED) is 0.293. The molecule has 0 aromatic heterocycles. The van der Waals surface area contributed by atoms with E-state index in [0.29, 0.717) is 28.6 Å². The van der Waals surface area contributed by atoms with Crippen molar-refractivity contribution in [2.45, 2.75) is 20.5 Å². The third-order valence-corrected chi connectivity index (χ3v) is 4.73. The second kappa shape index (κ2) is 9.84. The molecule has 2 N–H and O–H groups in total. The van der Waals surface area contributed by atoms with E-state index in [1.54, 1.807) is 30.3 Å². The fourth-order valence-electron chi connectivity index (χ4n) is 3.10. The maximum Gasteiger partial charge on any atom is 0.266 e. The topological polar surface area (TPSA) is 82.3 Å². The maximum absolute atomic E-state index is 12.4. The van der Waals surface area contributed by atoms with Gasteiger partial charge in [0.25, 0.3) is 5.91 Å². The van der Waals surface area contributed by atoms with Crippen molar-refractivity contribution in [1.29, 1.82) is 5.26 Å². The highest BCUT2D eigenvalue weighted by molar-refractivity contribution is 6.32. The van der Waals surface area contributed by atoms with Crippen molar-refractivity contribution in [3.63, 3.8) is 0 Å². The van der Waals surface area contributed by atoms with Crippen LogP contribution in [0.1, 0.15) is 22.3 Å². The zero-order chi connectivity index (χ0) is 22.4. The van der Waals surface area contributed by atoms with Gasteiger partial charge >= 0.3 is 0 Å². The SMILES string of the molecule is Cc1cc(C)cc(COc2ccc(/C=C(\C#N)C(=O)Nc3ccc(O)cc3)cc2Cl)c1. The highest BCUT2D eigenvalue weighted by Gasteiger charge is 2.11. The minimum Gasteiger partial charge on any atom is -0.508 e. The smallest absolute Gasteiger partial charge is 0.266 e. The number of anilines is 1. The van der Waals surface area contributed by atoms with Gasteiger partial charge < -0.3 is 15.2 Å². The molecule has 5 nitrogen and oxygen atoms in total. The lowest BCUT2D eigenvalue weighted by Crippen LogP contribution is -2.13. The van der Waals surface area contributed by atoms with Crippen LogP contribution in [0.5, 0.6) is 11.5 Å². The number of aromatic hydroxyl groups is 1. The first-order chi connectivity index (χ1) is 14.8. The van der Waals surface area contributed by atoms with Crippen molar-refractivity contribution in [3.05, 3.63) is 93.5 Å². The Balaban J connectivity index is 1.71. The number of benzene rings is 3. The van der Waals surface area contributed by atoms with Crippen molar-refractivity contribution in [2.75, 3.05) is 5.32 Å². The molecule has 0 aliphatic rings. The Morgan fingerprint density at radius 2 is 1.77 bits per heavy atom. The largest absolute Gasteiger partial charge is 0.508 e. The zero-order valence-electron chi connectivity index (χ0n) is 17.1. The second-order valence-corrected chi connectivity index (χ2v) is 7.55. The number of halogens is 1. The third-order valence-electron chi connectivity index (χ3n) is 4.43. The van der Waals surface area contributed by atoms with Crippen LogP contribution in [0.3, 0.4) is 0 Å². The van der Waals surface area contributed by atoms with Gasteiger partial charge in [0.1, 0.15) is 29.7 Å². The summed E-state index contributed by atoms with van der Waals surface area (Å²) in [4.78, 5) is 12.4. The molecule has 0 unspecified atom stereocenters. The van der Waals surface area contributed by atoms with Crippen LogP contribution < -0.4 is 10.1 Å². The van der Waals surface area contributed by atoms with E-state index in [1.807, 2.05) is 19.9 Å². The van der Waals surface area contributed by atoms with Crippen molar-refractivity contribution in [1.82, 2.24) is 0 Å². The first-order valence-corrected chi connectivity index (χ1v) is 9.93. The minimum absolute atomic E-state index is 0.0759. The molecular formula is C25H21ClN2O3. The van der Waals surface area contributed by atoms with Gasteiger partial charge in [-0.05, 0) is 67.4 Å². The number of amides is 1. The van der Waals surface area contributed by atoms with Crippen LogP contribution in [0.15, 0.2) is 66.2 Å². The number of phenols is 1. The molecule has 31 heavy (non-hydrogen) atoms. The first-order valence-electron chi connectivity index (χ1n) is 9.56. The monoisotopic (exact) mass is 432 g/mol.